The Morgan fingerprint density at radius 1 is 1.15 bits per heavy atom. The minimum atomic E-state index is -0.950. The van der Waals surface area contributed by atoms with E-state index in [2.05, 4.69) is 13.8 Å². The first-order valence-corrected chi connectivity index (χ1v) is 8.95. The number of carboxylic acids is 1. The van der Waals surface area contributed by atoms with Crippen LogP contribution in [0.3, 0.4) is 0 Å². The van der Waals surface area contributed by atoms with Gasteiger partial charge in [-0.3, -0.25) is 0 Å². The van der Waals surface area contributed by atoms with Gasteiger partial charge in [-0.2, -0.15) is 0 Å². The predicted molar refractivity (Wildman–Crippen MR) is 104 cm³/mol. The second-order valence-electron chi connectivity index (χ2n) is 6.38. The van der Waals surface area contributed by atoms with E-state index < -0.39 is 5.97 Å². The molecule has 0 bridgehead atoms. The summed E-state index contributed by atoms with van der Waals surface area (Å²) in [5.41, 5.74) is 3.48. The largest absolute Gasteiger partial charge is 0.493 e. The fourth-order valence-electron chi connectivity index (χ4n) is 3.06. The number of nitrogens with zero attached hydrogens (tertiary/aromatic N) is 1. The summed E-state index contributed by atoms with van der Waals surface area (Å²) in [5, 5.41) is 10.4. The van der Waals surface area contributed by atoms with E-state index >= 15 is 0 Å². The highest BCUT2D eigenvalue weighted by Gasteiger charge is 2.16. The molecule has 3 rings (SSSR count). The van der Waals surface area contributed by atoms with E-state index in [9.17, 15) is 9.90 Å². The lowest BCUT2D eigenvalue weighted by Gasteiger charge is -2.14. The summed E-state index contributed by atoms with van der Waals surface area (Å²) in [6.07, 6.45) is 1.00. The summed E-state index contributed by atoms with van der Waals surface area (Å²) in [6, 6.07) is 15.1. The zero-order valence-electron chi connectivity index (χ0n) is 15.3. The molecule has 0 saturated carbocycles. The Morgan fingerprint density at radius 3 is 2.62 bits per heavy atom. The molecule has 3 aromatic rings. The number of pyridine rings is 1. The van der Waals surface area contributed by atoms with Crippen LogP contribution in [0.4, 0.5) is 0 Å². The van der Waals surface area contributed by atoms with Crippen LogP contribution < -0.4 is 4.74 Å². The van der Waals surface area contributed by atoms with Crippen LogP contribution in [0.5, 0.6) is 5.75 Å². The molecule has 2 aromatic carbocycles. The Morgan fingerprint density at radius 2 is 1.92 bits per heavy atom. The van der Waals surface area contributed by atoms with Gasteiger partial charge in [-0.25, -0.2) is 9.78 Å². The summed E-state index contributed by atoms with van der Waals surface area (Å²) >= 11 is 0. The molecule has 26 heavy (non-hydrogen) atoms. The van der Waals surface area contributed by atoms with Gasteiger partial charge in [0.15, 0.2) is 0 Å². The molecule has 134 valence electrons. The summed E-state index contributed by atoms with van der Waals surface area (Å²) in [5.74, 6) is 0.127. The maximum Gasteiger partial charge on any atom is 0.336 e. The van der Waals surface area contributed by atoms with Gasteiger partial charge in [0.1, 0.15) is 5.75 Å². The Kier molecular flexibility index (Phi) is 5.21. The molecule has 0 spiro atoms. The fourth-order valence-corrected chi connectivity index (χ4v) is 3.06. The fraction of sp³-hybridized carbons (Fsp3) is 0.273. The van der Waals surface area contributed by atoms with Crippen molar-refractivity contribution in [1.82, 2.24) is 4.98 Å². The third kappa shape index (κ3) is 3.40. The van der Waals surface area contributed by atoms with Gasteiger partial charge in [-0.05, 0) is 55.2 Å². The van der Waals surface area contributed by atoms with Crippen LogP contribution in [0, 0.1) is 0 Å². The van der Waals surface area contributed by atoms with Crippen LogP contribution in [0.2, 0.25) is 0 Å². The monoisotopic (exact) mass is 349 g/mol. The normalized spacial score (nSPS) is 12.1. The van der Waals surface area contributed by atoms with Gasteiger partial charge in [-0.1, -0.05) is 32.0 Å². The van der Waals surface area contributed by atoms with Crippen molar-refractivity contribution in [2.45, 2.75) is 33.1 Å². The predicted octanol–water partition coefficient (Wildman–Crippen LogP) is 5.51. The van der Waals surface area contributed by atoms with Crippen molar-refractivity contribution in [1.29, 1.82) is 0 Å². The number of rotatable bonds is 6. The third-order valence-corrected chi connectivity index (χ3v) is 4.71. The molecule has 0 fully saturated rings. The molecule has 1 atom stereocenters. The van der Waals surface area contributed by atoms with Crippen LogP contribution in [0.25, 0.3) is 22.2 Å². The van der Waals surface area contributed by atoms with Crippen molar-refractivity contribution in [2.24, 2.45) is 0 Å². The molecular formula is C22H23NO3. The summed E-state index contributed by atoms with van der Waals surface area (Å²) in [7, 11) is 0. The molecule has 1 heterocycles. The maximum atomic E-state index is 11.9. The number of hydrogen-bond donors (Lipinski definition) is 1. The highest BCUT2D eigenvalue weighted by Crippen LogP contribution is 2.33. The number of aromatic carboxylic acids is 1. The van der Waals surface area contributed by atoms with E-state index in [1.807, 2.05) is 49.4 Å². The van der Waals surface area contributed by atoms with Gasteiger partial charge in [0, 0.05) is 10.9 Å². The van der Waals surface area contributed by atoms with E-state index in [1.54, 1.807) is 6.07 Å². The SMILES string of the molecule is CCOc1ccccc1-c1cc(C(=O)O)c2cc(C(C)CC)ccc2n1. The smallest absolute Gasteiger partial charge is 0.336 e. The third-order valence-electron chi connectivity index (χ3n) is 4.71. The Balaban J connectivity index is 2.22. The molecule has 0 aliphatic rings. The number of benzene rings is 2. The molecule has 1 N–H and O–H groups in total. The van der Waals surface area contributed by atoms with Crippen molar-refractivity contribution in [3.05, 3.63) is 59.7 Å². The van der Waals surface area contributed by atoms with Gasteiger partial charge in [0.2, 0.25) is 0 Å². The zero-order valence-corrected chi connectivity index (χ0v) is 15.3. The topological polar surface area (TPSA) is 59.4 Å². The lowest BCUT2D eigenvalue weighted by atomic mass is 9.95. The van der Waals surface area contributed by atoms with Crippen molar-refractivity contribution in [3.8, 4) is 17.0 Å². The number of fused-ring (bicyclic) bond motifs is 1. The molecule has 0 radical (unpaired) electrons. The Bertz CT molecular complexity index is 949. The molecule has 4 nitrogen and oxygen atoms in total. The lowest BCUT2D eigenvalue weighted by molar-refractivity contribution is 0.0699. The number of hydrogen-bond acceptors (Lipinski definition) is 3. The van der Waals surface area contributed by atoms with Crippen LogP contribution in [0.15, 0.2) is 48.5 Å². The first-order chi connectivity index (χ1) is 12.5. The molecule has 4 heteroatoms. The first kappa shape index (κ1) is 17.9. The van der Waals surface area contributed by atoms with Crippen molar-refractivity contribution >= 4 is 16.9 Å². The number of para-hydroxylation sites is 1. The molecule has 1 aromatic heterocycles. The van der Waals surface area contributed by atoms with Gasteiger partial charge < -0.3 is 9.84 Å². The average Bonchev–Trinajstić information content (AvgIpc) is 2.66. The quantitative estimate of drug-likeness (QED) is 0.637. The zero-order chi connectivity index (χ0) is 18.7. The molecule has 0 aliphatic heterocycles. The standard InChI is InChI=1S/C22H23NO3/c1-4-14(3)15-10-11-19-17(12-15)18(22(24)25)13-20(23-19)16-8-6-7-9-21(16)26-5-2/h6-14H,4-5H2,1-3H3,(H,24,25). The van der Waals surface area contributed by atoms with E-state index in [-0.39, 0.29) is 5.56 Å². The highest BCUT2D eigenvalue weighted by atomic mass is 16.5. The van der Waals surface area contributed by atoms with Crippen molar-refractivity contribution in [3.63, 3.8) is 0 Å². The number of ether oxygens (including phenoxy) is 1. The van der Waals surface area contributed by atoms with Crippen LogP contribution in [-0.4, -0.2) is 22.7 Å². The van der Waals surface area contributed by atoms with Crippen LogP contribution in [0.1, 0.15) is 49.0 Å². The van der Waals surface area contributed by atoms with Crippen molar-refractivity contribution < 1.29 is 14.6 Å². The Hall–Kier alpha value is -2.88. The summed E-state index contributed by atoms with van der Waals surface area (Å²) < 4.78 is 5.68. The van der Waals surface area contributed by atoms with Gasteiger partial charge in [0.05, 0.1) is 23.4 Å². The average molecular weight is 349 g/mol. The second kappa shape index (κ2) is 7.56. The molecule has 0 aliphatic carbocycles. The molecule has 1 unspecified atom stereocenters. The summed E-state index contributed by atoms with van der Waals surface area (Å²) in [6.45, 7) is 6.72. The van der Waals surface area contributed by atoms with Gasteiger partial charge in [-0.15, -0.1) is 0 Å². The van der Waals surface area contributed by atoms with E-state index in [4.69, 9.17) is 9.72 Å². The Labute approximate surface area is 153 Å². The van der Waals surface area contributed by atoms with Crippen LogP contribution >= 0.6 is 0 Å². The minimum absolute atomic E-state index is 0.265. The molecule has 0 amide bonds. The van der Waals surface area contributed by atoms with Gasteiger partial charge in [0.25, 0.3) is 0 Å². The van der Waals surface area contributed by atoms with Crippen LogP contribution in [-0.2, 0) is 0 Å². The van der Waals surface area contributed by atoms with Crippen molar-refractivity contribution in [2.75, 3.05) is 6.61 Å². The van der Waals surface area contributed by atoms with E-state index in [1.165, 1.54) is 0 Å². The maximum absolute atomic E-state index is 11.9. The molecule has 0 saturated heterocycles. The number of carbonyl (C=O) groups is 1. The van der Waals surface area contributed by atoms with E-state index in [0.717, 1.165) is 17.5 Å². The molecular weight excluding hydrogens is 326 g/mol. The lowest BCUT2D eigenvalue weighted by Crippen LogP contribution is -2.02. The number of carboxylic acid groups (broad SMARTS) is 1. The minimum Gasteiger partial charge on any atom is -0.493 e. The summed E-state index contributed by atoms with van der Waals surface area (Å²) in [4.78, 5) is 16.6. The van der Waals surface area contributed by atoms with Gasteiger partial charge >= 0.3 is 5.97 Å². The first-order valence-electron chi connectivity index (χ1n) is 8.95. The highest BCUT2D eigenvalue weighted by molar-refractivity contribution is 6.04. The van der Waals surface area contributed by atoms with E-state index in [0.29, 0.717) is 34.9 Å². The number of aromatic nitrogens is 1. The second-order valence-corrected chi connectivity index (χ2v) is 6.38.